The van der Waals surface area contributed by atoms with Crippen molar-refractivity contribution in [3.63, 3.8) is 0 Å². The van der Waals surface area contributed by atoms with E-state index < -0.39 is 20.1 Å². The molecule has 4 rings (SSSR count). The number of nitrogens with zero attached hydrogens (tertiary/aromatic N) is 2. The van der Waals surface area contributed by atoms with E-state index in [0.29, 0.717) is 6.04 Å². The first-order chi connectivity index (χ1) is 7.84. The van der Waals surface area contributed by atoms with Crippen molar-refractivity contribution in [2.45, 2.75) is 12.5 Å². The van der Waals surface area contributed by atoms with Gasteiger partial charge < -0.3 is 0 Å². The summed E-state index contributed by atoms with van der Waals surface area (Å²) in [5.74, 6) is 1.05. The molecular weight excluding hydrogens is 315 g/mol. The van der Waals surface area contributed by atoms with Crippen LogP contribution in [-0.2, 0) is 0 Å². The van der Waals surface area contributed by atoms with Crippen molar-refractivity contribution in [2.24, 2.45) is 10.9 Å². The number of fused-ring (bicyclic) bond motifs is 4. The van der Waals surface area contributed by atoms with Crippen LogP contribution in [0, 0.1) is 5.92 Å². The molecule has 2 aliphatic heterocycles. The van der Waals surface area contributed by atoms with Crippen LogP contribution in [0.2, 0.25) is 0 Å². The van der Waals surface area contributed by atoms with Gasteiger partial charge in [0.05, 0.1) is 0 Å². The Bertz CT molecular complexity index is 513. The van der Waals surface area contributed by atoms with Crippen molar-refractivity contribution >= 4 is 15.8 Å². The Morgan fingerprint density at radius 2 is 2.25 bits per heavy atom. The van der Waals surface area contributed by atoms with Gasteiger partial charge in [0.25, 0.3) is 0 Å². The minimum absolute atomic E-state index is 0.239. The van der Waals surface area contributed by atoms with Crippen molar-refractivity contribution in [3.05, 3.63) is 29.8 Å². The Morgan fingerprint density at radius 3 is 3.19 bits per heavy atom. The van der Waals surface area contributed by atoms with Gasteiger partial charge in [-0.3, -0.25) is 0 Å². The second kappa shape index (κ2) is 3.06. The molecule has 4 heteroatoms. The maximum atomic E-state index is 12.4. The van der Waals surface area contributed by atoms with Gasteiger partial charge in [-0.15, -0.1) is 0 Å². The van der Waals surface area contributed by atoms with E-state index in [9.17, 15) is 4.79 Å². The summed E-state index contributed by atoms with van der Waals surface area (Å²) in [6, 6.07) is 8.29. The first-order valence-electron chi connectivity index (χ1n) is 5.46. The molecule has 1 amide bonds. The zero-order valence-corrected chi connectivity index (χ0v) is 10.8. The van der Waals surface area contributed by atoms with Gasteiger partial charge >= 0.3 is 101 Å². The quantitative estimate of drug-likeness (QED) is 0.333. The summed E-state index contributed by atoms with van der Waals surface area (Å²) in [6.07, 6.45) is 1.23. The molecule has 16 heavy (non-hydrogen) atoms. The van der Waals surface area contributed by atoms with Crippen molar-refractivity contribution < 1.29 is 24.9 Å². The molecule has 1 saturated carbocycles. The van der Waals surface area contributed by atoms with E-state index in [0.717, 1.165) is 17.2 Å². The molecule has 1 saturated heterocycles. The molecule has 0 N–H and O–H groups in total. The van der Waals surface area contributed by atoms with Gasteiger partial charge in [0.1, 0.15) is 0 Å². The number of benzene rings is 1. The second-order valence-corrected chi connectivity index (χ2v) is 9.05. The SMILES string of the molecule is O=C1c2ccccc2N=C[I-]2CC3C[C@H]3N12. The number of halogens is 1. The van der Waals surface area contributed by atoms with E-state index in [1.54, 1.807) is 0 Å². The normalized spacial score (nSPS) is 31.9. The second-order valence-electron chi connectivity index (χ2n) is 4.45. The van der Waals surface area contributed by atoms with Crippen LogP contribution in [0.1, 0.15) is 16.8 Å². The number of hydrogen-bond donors (Lipinski definition) is 0. The summed E-state index contributed by atoms with van der Waals surface area (Å²) in [5.41, 5.74) is 1.66. The van der Waals surface area contributed by atoms with Crippen LogP contribution < -0.4 is 20.1 Å². The van der Waals surface area contributed by atoms with Gasteiger partial charge in [-0.2, -0.15) is 0 Å². The van der Waals surface area contributed by atoms with E-state index in [1.165, 1.54) is 10.8 Å². The third kappa shape index (κ3) is 1.13. The molecule has 1 aromatic rings. The third-order valence-electron chi connectivity index (χ3n) is 3.40. The topological polar surface area (TPSA) is 32.7 Å². The summed E-state index contributed by atoms with van der Waals surface area (Å²) in [7, 11) is 0. The van der Waals surface area contributed by atoms with Gasteiger partial charge in [-0.25, -0.2) is 0 Å². The van der Waals surface area contributed by atoms with Crippen molar-refractivity contribution in [2.75, 3.05) is 4.43 Å². The molecule has 83 valence electrons. The van der Waals surface area contributed by atoms with E-state index in [4.69, 9.17) is 0 Å². The number of para-hydroxylation sites is 1. The van der Waals surface area contributed by atoms with Crippen molar-refractivity contribution in [1.29, 1.82) is 0 Å². The number of rotatable bonds is 0. The summed E-state index contributed by atoms with van der Waals surface area (Å²) >= 11 is -1.38. The van der Waals surface area contributed by atoms with Crippen LogP contribution in [0.15, 0.2) is 29.3 Å². The van der Waals surface area contributed by atoms with Crippen molar-refractivity contribution in [3.8, 4) is 0 Å². The fraction of sp³-hybridized carbons (Fsp3) is 0.333. The van der Waals surface area contributed by atoms with E-state index in [-0.39, 0.29) is 5.91 Å². The maximum absolute atomic E-state index is 12.4. The summed E-state index contributed by atoms with van der Waals surface area (Å²) in [4.78, 5) is 17.0. The molecule has 3 aliphatic rings. The van der Waals surface area contributed by atoms with Crippen molar-refractivity contribution in [1.82, 2.24) is 3.11 Å². The first kappa shape index (κ1) is 9.15. The van der Waals surface area contributed by atoms with Gasteiger partial charge in [0.15, 0.2) is 0 Å². The van der Waals surface area contributed by atoms with Gasteiger partial charge in [0.2, 0.25) is 0 Å². The number of carbonyl (C=O) groups is 1. The molecular formula is C12H11IN2O-. The monoisotopic (exact) mass is 326 g/mol. The average Bonchev–Trinajstić information content (AvgIpc) is 3.00. The molecule has 1 aromatic carbocycles. The molecule has 1 radical (unpaired) electrons. The standard InChI is InChI=1S/C12H11IN2O/c16-12-9-3-1-2-4-10(9)14-7-13-6-8-5-11(8)15(12)13/h1-4,7-8,11H,5-6H2/q-1/t8?,11-/m1/s1. The summed E-state index contributed by atoms with van der Waals surface area (Å²) in [5, 5.41) is 0. The number of alkyl halides is 1. The molecule has 0 bridgehead atoms. The van der Waals surface area contributed by atoms with Crippen LogP contribution in [0.3, 0.4) is 0 Å². The Balaban J connectivity index is 1.86. The molecule has 2 fully saturated rings. The van der Waals surface area contributed by atoms with Crippen LogP contribution >= 0.6 is 0 Å². The van der Waals surface area contributed by atoms with Gasteiger partial charge in [-0.1, -0.05) is 0 Å². The molecule has 2 heterocycles. The molecule has 2 atom stereocenters. The Labute approximate surface area is 101 Å². The number of hydrogen-bond acceptors (Lipinski definition) is 2. The zero-order valence-electron chi connectivity index (χ0n) is 8.64. The van der Waals surface area contributed by atoms with Crippen LogP contribution in [0.25, 0.3) is 0 Å². The molecule has 1 unspecified atom stereocenters. The van der Waals surface area contributed by atoms with E-state index in [1.807, 2.05) is 24.3 Å². The minimum atomic E-state index is -1.38. The van der Waals surface area contributed by atoms with Crippen LogP contribution in [0.4, 0.5) is 5.69 Å². The van der Waals surface area contributed by atoms with E-state index in [2.05, 4.69) is 12.3 Å². The summed E-state index contributed by atoms with van der Waals surface area (Å²) in [6.45, 7) is 0. The van der Waals surface area contributed by atoms with Crippen LogP contribution in [0.5, 0.6) is 0 Å². The Morgan fingerprint density at radius 1 is 1.38 bits per heavy atom. The number of aliphatic imine (C=N–C) groups is 1. The fourth-order valence-electron chi connectivity index (χ4n) is 2.44. The van der Waals surface area contributed by atoms with Gasteiger partial charge in [0, 0.05) is 0 Å². The van der Waals surface area contributed by atoms with Crippen LogP contribution in [-0.4, -0.2) is 23.7 Å². The summed E-state index contributed by atoms with van der Waals surface area (Å²) < 4.78 is 5.57. The number of carbonyl (C=O) groups excluding carboxylic acids is 1. The molecule has 0 aromatic heterocycles. The number of amides is 1. The van der Waals surface area contributed by atoms with Gasteiger partial charge in [-0.05, 0) is 0 Å². The molecule has 3 nitrogen and oxygen atoms in total. The zero-order chi connectivity index (χ0) is 10.7. The average molecular weight is 326 g/mol. The Kier molecular flexibility index (Phi) is 1.75. The van der Waals surface area contributed by atoms with E-state index >= 15 is 0 Å². The molecule has 1 aliphatic carbocycles. The first-order valence-corrected chi connectivity index (χ1v) is 9.19. The fourth-order valence-corrected chi connectivity index (χ4v) is 8.51. The third-order valence-corrected chi connectivity index (χ3v) is 8.84. The Hall–Kier alpha value is -0.910. The molecule has 0 spiro atoms. The predicted molar refractivity (Wildman–Crippen MR) is 57.5 cm³/mol. The predicted octanol–water partition coefficient (Wildman–Crippen LogP) is -1.26.